The van der Waals surface area contributed by atoms with Crippen LogP contribution in [-0.2, 0) is 11.2 Å². The van der Waals surface area contributed by atoms with Crippen LogP contribution >= 0.6 is 0 Å². The minimum Gasteiger partial charge on any atom is -0.383 e. The van der Waals surface area contributed by atoms with Crippen LogP contribution in [0.5, 0.6) is 0 Å². The molecule has 0 amide bonds. The van der Waals surface area contributed by atoms with Gasteiger partial charge in [0, 0.05) is 32.3 Å². The van der Waals surface area contributed by atoms with Crippen molar-refractivity contribution in [2.45, 2.75) is 45.2 Å². The molecule has 20 heavy (non-hydrogen) atoms. The van der Waals surface area contributed by atoms with E-state index in [4.69, 9.17) is 10.5 Å². The molecule has 3 heteroatoms. The van der Waals surface area contributed by atoms with Crippen molar-refractivity contribution in [3.63, 3.8) is 0 Å². The number of ether oxygens (including phenoxy) is 1. The molecule has 1 aromatic rings. The lowest BCUT2D eigenvalue weighted by Gasteiger charge is -2.35. The Bertz CT molecular complexity index is 342. The van der Waals surface area contributed by atoms with Gasteiger partial charge in [0.15, 0.2) is 0 Å². The first-order chi connectivity index (χ1) is 9.72. The number of benzene rings is 1. The van der Waals surface area contributed by atoms with Crippen molar-refractivity contribution in [1.82, 2.24) is 4.90 Å². The zero-order chi connectivity index (χ0) is 14.8. The van der Waals surface area contributed by atoms with Gasteiger partial charge in [-0.25, -0.2) is 0 Å². The van der Waals surface area contributed by atoms with E-state index in [1.807, 2.05) is 0 Å². The van der Waals surface area contributed by atoms with E-state index in [9.17, 15) is 0 Å². The fourth-order valence-electron chi connectivity index (χ4n) is 2.59. The number of aryl methyl sites for hydroxylation is 1. The van der Waals surface area contributed by atoms with Crippen molar-refractivity contribution in [3.05, 3.63) is 35.9 Å². The molecule has 3 nitrogen and oxygen atoms in total. The second-order valence-electron chi connectivity index (χ2n) is 5.40. The molecule has 0 bridgehead atoms. The van der Waals surface area contributed by atoms with Crippen LogP contribution in [0.4, 0.5) is 0 Å². The number of hydrogen-bond donors (Lipinski definition) is 1. The van der Waals surface area contributed by atoms with Crippen molar-refractivity contribution in [1.29, 1.82) is 0 Å². The summed E-state index contributed by atoms with van der Waals surface area (Å²) in [5.74, 6) is 0. The lowest BCUT2D eigenvalue weighted by atomic mass is 10.0. The monoisotopic (exact) mass is 278 g/mol. The van der Waals surface area contributed by atoms with Crippen LogP contribution in [0, 0.1) is 0 Å². The van der Waals surface area contributed by atoms with Crippen molar-refractivity contribution >= 4 is 0 Å². The molecule has 2 N–H and O–H groups in total. The summed E-state index contributed by atoms with van der Waals surface area (Å²) in [6, 6.07) is 11.6. The van der Waals surface area contributed by atoms with Gasteiger partial charge in [0.05, 0.1) is 6.61 Å². The topological polar surface area (TPSA) is 38.5 Å². The largest absolute Gasteiger partial charge is 0.383 e. The SMILES string of the molecule is CCC(C)N(CCOC)C(CN)CCc1ccccc1. The van der Waals surface area contributed by atoms with E-state index in [1.165, 1.54) is 5.56 Å². The average Bonchev–Trinajstić information content (AvgIpc) is 2.50. The van der Waals surface area contributed by atoms with E-state index < -0.39 is 0 Å². The maximum absolute atomic E-state index is 6.02. The number of nitrogens with zero attached hydrogens (tertiary/aromatic N) is 1. The first-order valence-electron chi connectivity index (χ1n) is 7.71. The molecular weight excluding hydrogens is 248 g/mol. The van der Waals surface area contributed by atoms with E-state index in [-0.39, 0.29) is 0 Å². The van der Waals surface area contributed by atoms with Crippen LogP contribution in [0.25, 0.3) is 0 Å². The molecule has 1 rings (SSSR count). The van der Waals surface area contributed by atoms with Gasteiger partial charge in [-0.3, -0.25) is 4.90 Å². The third-order valence-electron chi connectivity index (χ3n) is 4.06. The van der Waals surface area contributed by atoms with Gasteiger partial charge in [-0.15, -0.1) is 0 Å². The minimum atomic E-state index is 0.431. The molecule has 0 heterocycles. The Morgan fingerprint density at radius 2 is 1.95 bits per heavy atom. The quantitative estimate of drug-likeness (QED) is 0.715. The first kappa shape index (κ1) is 17.2. The van der Waals surface area contributed by atoms with Gasteiger partial charge < -0.3 is 10.5 Å². The summed E-state index contributed by atoms with van der Waals surface area (Å²) in [6.07, 6.45) is 3.34. The maximum atomic E-state index is 6.02. The van der Waals surface area contributed by atoms with Crippen molar-refractivity contribution in [3.8, 4) is 0 Å². The van der Waals surface area contributed by atoms with E-state index in [0.717, 1.165) is 32.4 Å². The summed E-state index contributed by atoms with van der Waals surface area (Å²) in [5.41, 5.74) is 7.41. The van der Waals surface area contributed by atoms with Gasteiger partial charge in [-0.2, -0.15) is 0 Å². The van der Waals surface area contributed by atoms with Crippen molar-refractivity contribution in [2.24, 2.45) is 5.73 Å². The van der Waals surface area contributed by atoms with Crippen molar-refractivity contribution < 1.29 is 4.74 Å². The highest BCUT2D eigenvalue weighted by Gasteiger charge is 2.21. The van der Waals surface area contributed by atoms with E-state index >= 15 is 0 Å². The molecule has 0 spiro atoms. The Morgan fingerprint density at radius 3 is 2.50 bits per heavy atom. The van der Waals surface area contributed by atoms with Crippen LogP contribution in [0.15, 0.2) is 30.3 Å². The summed E-state index contributed by atoms with van der Waals surface area (Å²) in [7, 11) is 1.76. The summed E-state index contributed by atoms with van der Waals surface area (Å²) in [5, 5.41) is 0. The standard InChI is InChI=1S/C17H30N2O/c1-4-15(2)19(12-13-20-3)17(14-18)11-10-16-8-6-5-7-9-16/h5-9,15,17H,4,10-14,18H2,1-3H3. The zero-order valence-corrected chi connectivity index (χ0v) is 13.2. The first-order valence-corrected chi connectivity index (χ1v) is 7.71. The molecule has 0 aliphatic carbocycles. The van der Waals surface area contributed by atoms with Gasteiger partial charge in [-0.05, 0) is 31.7 Å². The third-order valence-corrected chi connectivity index (χ3v) is 4.06. The van der Waals surface area contributed by atoms with Crippen LogP contribution < -0.4 is 5.73 Å². The second-order valence-corrected chi connectivity index (χ2v) is 5.40. The summed E-state index contributed by atoms with van der Waals surface area (Å²) in [6.45, 7) is 6.95. The molecule has 0 aromatic heterocycles. The van der Waals surface area contributed by atoms with Gasteiger partial charge in [-0.1, -0.05) is 37.3 Å². The molecule has 114 valence electrons. The normalized spacial score (nSPS) is 14.4. The number of nitrogens with two attached hydrogens (primary N) is 1. The highest BCUT2D eigenvalue weighted by molar-refractivity contribution is 5.14. The molecule has 1 aromatic carbocycles. The van der Waals surface area contributed by atoms with E-state index in [2.05, 4.69) is 49.1 Å². The highest BCUT2D eigenvalue weighted by Crippen LogP contribution is 2.14. The summed E-state index contributed by atoms with van der Waals surface area (Å²) in [4.78, 5) is 2.51. The highest BCUT2D eigenvalue weighted by atomic mass is 16.5. The average molecular weight is 278 g/mol. The molecule has 0 aliphatic rings. The Kier molecular flexibility index (Phi) is 8.51. The van der Waals surface area contributed by atoms with Crippen LogP contribution in [-0.4, -0.2) is 43.8 Å². The van der Waals surface area contributed by atoms with Gasteiger partial charge >= 0.3 is 0 Å². The molecule has 0 radical (unpaired) electrons. The molecule has 0 saturated carbocycles. The van der Waals surface area contributed by atoms with E-state index in [1.54, 1.807) is 7.11 Å². The molecule has 0 saturated heterocycles. The lowest BCUT2D eigenvalue weighted by molar-refractivity contribution is 0.0869. The number of rotatable bonds is 10. The second kappa shape index (κ2) is 9.92. The Hall–Kier alpha value is -0.900. The summed E-state index contributed by atoms with van der Waals surface area (Å²) >= 11 is 0. The minimum absolute atomic E-state index is 0.431. The fraction of sp³-hybridized carbons (Fsp3) is 0.647. The molecule has 2 unspecified atom stereocenters. The predicted octanol–water partition coefficient (Wildman–Crippen LogP) is 2.69. The molecular formula is C17H30N2O. The lowest BCUT2D eigenvalue weighted by Crippen LogP contribution is -2.47. The maximum Gasteiger partial charge on any atom is 0.0589 e. The Balaban J connectivity index is 2.59. The van der Waals surface area contributed by atoms with Gasteiger partial charge in [0.2, 0.25) is 0 Å². The Labute approximate surface area is 124 Å². The van der Waals surface area contributed by atoms with Gasteiger partial charge in [0.1, 0.15) is 0 Å². The molecule has 0 fully saturated rings. The van der Waals surface area contributed by atoms with Crippen molar-refractivity contribution in [2.75, 3.05) is 26.8 Å². The van der Waals surface area contributed by atoms with Crippen LogP contribution in [0.1, 0.15) is 32.3 Å². The zero-order valence-electron chi connectivity index (χ0n) is 13.2. The van der Waals surface area contributed by atoms with Crippen LogP contribution in [0.3, 0.4) is 0 Å². The fourth-order valence-corrected chi connectivity index (χ4v) is 2.59. The number of methoxy groups -OCH3 is 1. The van der Waals surface area contributed by atoms with Gasteiger partial charge in [0.25, 0.3) is 0 Å². The smallest absolute Gasteiger partial charge is 0.0589 e. The third kappa shape index (κ3) is 5.61. The summed E-state index contributed by atoms with van der Waals surface area (Å²) < 4.78 is 5.24. The van der Waals surface area contributed by atoms with Crippen LogP contribution in [0.2, 0.25) is 0 Å². The molecule has 0 aliphatic heterocycles. The number of hydrogen-bond acceptors (Lipinski definition) is 3. The molecule has 2 atom stereocenters. The van der Waals surface area contributed by atoms with E-state index in [0.29, 0.717) is 18.6 Å². The predicted molar refractivity (Wildman–Crippen MR) is 85.9 cm³/mol. The Morgan fingerprint density at radius 1 is 1.25 bits per heavy atom.